The van der Waals surface area contributed by atoms with Crippen LogP contribution in [0.3, 0.4) is 0 Å². The number of hydrogen-bond acceptors (Lipinski definition) is 4. The van der Waals surface area contributed by atoms with E-state index in [2.05, 4.69) is 4.90 Å². The Kier molecular flexibility index (Phi) is 7.95. The Labute approximate surface area is 181 Å². The first-order valence-corrected chi connectivity index (χ1v) is 10.8. The summed E-state index contributed by atoms with van der Waals surface area (Å²) in [5.74, 6) is -0.211. The lowest BCUT2D eigenvalue weighted by molar-refractivity contribution is -0.143. The van der Waals surface area contributed by atoms with E-state index < -0.39 is 0 Å². The van der Waals surface area contributed by atoms with Gasteiger partial charge in [0.1, 0.15) is 6.54 Å². The first-order valence-electron chi connectivity index (χ1n) is 10.0. The maximum absolute atomic E-state index is 12.4. The van der Waals surface area contributed by atoms with Gasteiger partial charge in [0.2, 0.25) is 11.8 Å². The molecule has 2 aliphatic heterocycles. The van der Waals surface area contributed by atoms with Crippen LogP contribution in [0, 0.1) is 0 Å². The van der Waals surface area contributed by atoms with E-state index in [-0.39, 0.29) is 24.5 Å². The number of carbonyl (C=O) groups is 2. The second-order valence-electron chi connectivity index (χ2n) is 7.60. The molecule has 6 nitrogen and oxygen atoms in total. The minimum absolute atomic E-state index is 0.0220. The van der Waals surface area contributed by atoms with Crippen molar-refractivity contribution in [2.75, 3.05) is 45.8 Å². The van der Waals surface area contributed by atoms with E-state index in [4.69, 9.17) is 23.2 Å². The average Bonchev–Trinajstić information content (AvgIpc) is 2.70. The number of piperazine rings is 1. The Hall–Kier alpha value is -1.60. The smallest absolute Gasteiger partial charge is 0.247 e. The third-order valence-electron chi connectivity index (χ3n) is 5.38. The minimum Gasteiger partial charge on any atom is -0.392 e. The van der Waals surface area contributed by atoms with E-state index in [1.54, 1.807) is 29.2 Å². The van der Waals surface area contributed by atoms with Gasteiger partial charge in [0.05, 0.1) is 16.1 Å². The highest BCUT2D eigenvalue weighted by Gasteiger charge is 2.26. The number of halogens is 2. The maximum atomic E-state index is 12.4. The molecular weight excluding hydrogens is 413 g/mol. The fraction of sp³-hybridized carbons (Fsp3) is 0.524. The number of piperidine rings is 1. The molecule has 0 spiro atoms. The number of aliphatic hydroxyl groups is 1. The number of β-amino-alcohol motifs (C(OH)–C–C–N with tert-alkyl or cyclic N) is 1. The molecular formula is C21H27Cl2N3O3. The third kappa shape index (κ3) is 6.44. The Morgan fingerprint density at radius 1 is 1.17 bits per heavy atom. The number of rotatable bonds is 6. The van der Waals surface area contributed by atoms with Gasteiger partial charge in [-0.1, -0.05) is 29.3 Å². The molecule has 2 heterocycles. The van der Waals surface area contributed by atoms with Crippen LogP contribution in [0.5, 0.6) is 0 Å². The van der Waals surface area contributed by atoms with Gasteiger partial charge in [0, 0.05) is 32.3 Å². The number of carbonyl (C=O) groups excluding carboxylic acids is 2. The van der Waals surface area contributed by atoms with Crippen molar-refractivity contribution in [3.63, 3.8) is 0 Å². The van der Waals surface area contributed by atoms with Crippen LogP contribution in [0.15, 0.2) is 24.3 Å². The lowest BCUT2D eigenvalue weighted by atomic mass is 10.1. The predicted molar refractivity (Wildman–Crippen MR) is 115 cm³/mol. The van der Waals surface area contributed by atoms with Crippen LogP contribution >= 0.6 is 23.2 Å². The van der Waals surface area contributed by atoms with Crippen LogP contribution in [-0.2, 0) is 9.59 Å². The first-order chi connectivity index (χ1) is 13.9. The summed E-state index contributed by atoms with van der Waals surface area (Å²) in [6, 6.07) is 5.15. The first kappa shape index (κ1) is 22.1. The number of hydrogen-bond donors (Lipinski definition) is 1. The topological polar surface area (TPSA) is 64.1 Å². The Morgan fingerprint density at radius 3 is 2.72 bits per heavy atom. The Balaban J connectivity index is 1.42. The number of amides is 2. The molecule has 1 aromatic carbocycles. The quantitative estimate of drug-likeness (QED) is 0.691. The van der Waals surface area contributed by atoms with Crippen molar-refractivity contribution < 1.29 is 14.7 Å². The molecule has 158 valence electrons. The third-order valence-corrected chi connectivity index (χ3v) is 6.11. The molecule has 3 rings (SSSR count). The highest BCUT2D eigenvalue weighted by molar-refractivity contribution is 6.42. The van der Waals surface area contributed by atoms with Crippen molar-refractivity contribution in [2.24, 2.45) is 0 Å². The molecule has 1 unspecified atom stereocenters. The second-order valence-corrected chi connectivity index (χ2v) is 8.41. The number of nitrogens with zero attached hydrogens (tertiary/aromatic N) is 3. The van der Waals surface area contributed by atoms with Gasteiger partial charge >= 0.3 is 0 Å². The van der Waals surface area contributed by atoms with Gasteiger partial charge in [-0.25, -0.2) is 0 Å². The van der Waals surface area contributed by atoms with E-state index in [0.717, 1.165) is 44.5 Å². The van der Waals surface area contributed by atoms with Crippen molar-refractivity contribution in [3.8, 4) is 0 Å². The molecule has 1 atom stereocenters. The molecule has 0 bridgehead atoms. The van der Waals surface area contributed by atoms with E-state index in [1.165, 1.54) is 6.08 Å². The van der Waals surface area contributed by atoms with Crippen molar-refractivity contribution >= 4 is 41.1 Å². The molecule has 0 aliphatic carbocycles. The molecule has 0 aromatic heterocycles. The standard InChI is InChI=1S/C21H27Cl2N3O3/c22-18-6-4-16(13-19(18)23)5-7-20(28)26-12-11-25(21(29)15-26)10-2-9-24-8-1-3-17(27)14-24/h4-7,13,17,27H,1-3,8-12,14-15H2/b7-5+. The van der Waals surface area contributed by atoms with Crippen LogP contribution in [0.25, 0.3) is 6.08 Å². The number of aliphatic hydroxyl groups excluding tert-OH is 1. The highest BCUT2D eigenvalue weighted by Crippen LogP contribution is 2.23. The van der Waals surface area contributed by atoms with Gasteiger partial charge in [-0.2, -0.15) is 0 Å². The number of likely N-dealkylation sites (tertiary alicyclic amines) is 1. The fourth-order valence-electron chi connectivity index (χ4n) is 3.74. The SMILES string of the molecule is O=C(/C=C/c1ccc(Cl)c(Cl)c1)N1CCN(CCCN2CCCC(O)C2)C(=O)C1. The van der Waals surface area contributed by atoms with E-state index >= 15 is 0 Å². The van der Waals surface area contributed by atoms with Crippen molar-refractivity contribution in [1.82, 2.24) is 14.7 Å². The molecule has 2 amide bonds. The molecule has 2 aliphatic rings. The van der Waals surface area contributed by atoms with Crippen LogP contribution < -0.4 is 0 Å². The van der Waals surface area contributed by atoms with Gasteiger partial charge in [-0.05, 0) is 56.1 Å². The largest absolute Gasteiger partial charge is 0.392 e. The van der Waals surface area contributed by atoms with Gasteiger partial charge in [-0.3, -0.25) is 9.59 Å². The summed E-state index contributed by atoms with van der Waals surface area (Å²) in [4.78, 5) is 30.5. The summed E-state index contributed by atoms with van der Waals surface area (Å²) in [6.45, 7) is 4.49. The van der Waals surface area contributed by atoms with Crippen LogP contribution in [0.4, 0.5) is 0 Å². The molecule has 8 heteroatoms. The normalized spacial score (nSPS) is 21.2. The summed E-state index contributed by atoms with van der Waals surface area (Å²) in [5, 5.41) is 10.6. The average molecular weight is 440 g/mol. The van der Waals surface area contributed by atoms with Gasteiger partial charge < -0.3 is 19.8 Å². The molecule has 2 saturated heterocycles. The lowest BCUT2D eigenvalue weighted by Gasteiger charge is -2.35. The Bertz CT molecular complexity index is 772. The molecule has 0 saturated carbocycles. The molecule has 1 N–H and O–H groups in total. The van der Waals surface area contributed by atoms with E-state index in [0.29, 0.717) is 29.7 Å². The van der Waals surface area contributed by atoms with Crippen molar-refractivity contribution in [3.05, 3.63) is 39.9 Å². The highest BCUT2D eigenvalue weighted by atomic mass is 35.5. The molecule has 0 radical (unpaired) electrons. The summed E-state index contributed by atoms with van der Waals surface area (Å²) in [7, 11) is 0. The maximum Gasteiger partial charge on any atom is 0.247 e. The second kappa shape index (κ2) is 10.4. The summed E-state index contributed by atoms with van der Waals surface area (Å²) < 4.78 is 0. The van der Waals surface area contributed by atoms with Gasteiger partial charge in [-0.15, -0.1) is 0 Å². The van der Waals surface area contributed by atoms with Gasteiger partial charge in [0.15, 0.2) is 0 Å². The van der Waals surface area contributed by atoms with Crippen LogP contribution in [0.2, 0.25) is 10.0 Å². The molecule has 2 fully saturated rings. The molecule has 29 heavy (non-hydrogen) atoms. The van der Waals surface area contributed by atoms with Crippen LogP contribution in [-0.4, -0.2) is 83.5 Å². The zero-order chi connectivity index (χ0) is 20.8. The predicted octanol–water partition coefficient (Wildman–Crippen LogP) is 2.52. The zero-order valence-corrected chi connectivity index (χ0v) is 17.9. The van der Waals surface area contributed by atoms with E-state index in [9.17, 15) is 14.7 Å². The fourth-order valence-corrected chi connectivity index (χ4v) is 4.05. The summed E-state index contributed by atoms with van der Waals surface area (Å²) >= 11 is 11.9. The minimum atomic E-state index is -0.225. The van der Waals surface area contributed by atoms with Crippen molar-refractivity contribution in [1.29, 1.82) is 0 Å². The van der Waals surface area contributed by atoms with E-state index in [1.807, 2.05) is 4.90 Å². The monoisotopic (exact) mass is 439 g/mol. The number of benzene rings is 1. The summed E-state index contributed by atoms with van der Waals surface area (Å²) in [6.07, 6.45) is 5.69. The Morgan fingerprint density at radius 2 is 2.00 bits per heavy atom. The lowest BCUT2D eigenvalue weighted by Crippen LogP contribution is -2.52. The summed E-state index contributed by atoms with van der Waals surface area (Å²) in [5.41, 5.74) is 0.778. The molecule has 1 aromatic rings. The zero-order valence-electron chi connectivity index (χ0n) is 16.4. The van der Waals surface area contributed by atoms with Crippen LogP contribution in [0.1, 0.15) is 24.8 Å². The van der Waals surface area contributed by atoms with Gasteiger partial charge in [0.25, 0.3) is 0 Å². The van der Waals surface area contributed by atoms with Crippen molar-refractivity contribution in [2.45, 2.75) is 25.4 Å².